The third kappa shape index (κ3) is 4.05. The highest BCUT2D eigenvalue weighted by atomic mass is 79.9. The lowest BCUT2D eigenvalue weighted by Crippen LogP contribution is -2.14. The van der Waals surface area contributed by atoms with Crippen LogP contribution in [0.5, 0.6) is 0 Å². The summed E-state index contributed by atoms with van der Waals surface area (Å²) in [5, 5.41) is 3.41. The summed E-state index contributed by atoms with van der Waals surface area (Å²) in [6.45, 7) is 0.890. The lowest BCUT2D eigenvalue weighted by atomic mass is 10.1. The van der Waals surface area contributed by atoms with Crippen molar-refractivity contribution in [3.63, 3.8) is 0 Å². The number of benzene rings is 2. The van der Waals surface area contributed by atoms with E-state index >= 15 is 0 Å². The van der Waals surface area contributed by atoms with Crippen molar-refractivity contribution in [2.24, 2.45) is 5.73 Å². The van der Waals surface area contributed by atoms with Crippen LogP contribution >= 0.6 is 28.1 Å². The highest BCUT2D eigenvalue weighted by molar-refractivity contribution is 9.10. The zero-order valence-electron chi connectivity index (χ0n) is 11.1. The van der Waals surface area contributed by atoms with Gasteiger partial charge in [-0.25, -0.2) is 0 Å². The molecule has 0 amide bonds. The average molecular weight is 349 g/mol. The van der Waals surface area contributed by atoms with Gasteiger partial charge in [-0.2, -0.15) is 0 Å². The lowest BCUT2D eigenvalue weighted by molar-refractivity contribution is 0.863. The molecule has 3 N–H and O–H groups in total. The topological polar surface area (TPSA) is 38.0 Å². The monoisotopic (exact) mass is 348 g/mol. The first-order chi connectivity index (χ1) is 9.68. The van der Waals surface area contributed by atoms with Gasteiger partial charge in [0, 0.05) is 22.3 Å². The van der Waals surface area contributed by atoms with Crippen molar-refractivity contribution >= 4 is 38.8 Å². The molecule has 0 aliphatic heterocycles. The number of halogens is 1. The SMILES string of the molecule is NC(=S)c1c(Br)cccc1NCCCc1ccccc1. The standard InChI is InChI=1S/C16H17BrN2S/c17-13-9-4-10-14(15(13)16(18)20)19-11-5-8-12-6-2-1-3-7-12/h1-4,6-7,9-10,19H,5,8,11H2,(H2,18,20). The number of thiocarbonyl (C=S) groups is 1. The molecule has 2 aromatic rings. The van der Waals surface area contributed by atoms with Gasteiger partial charge >= 0.3 is 0 Å². The van der Waals surface area contributed by atoms with Gasteiger partial charge in [0.25, 0.3) is 0 Å². The maximum Gasteiger partial charge on any atom is 0.107 e. The van der Waals surface area contributed by atoms with Crippen molar-refractivity contribution in [2.45, 2.75) is 12.8 Å². The molecule has 2 aromatic carbocycles. The molecule has 0 radical (unpaired) electrons. The Kier molecular flexibility index (Phi) is 5.56. The highest BCUT2D eigenvalue weighted by Crippen LogP contribution is 2.24. The minimum Gasteiger partial charge on any atom is -0.389 e. The Balaban J connectivity index is 1.92. The molecule has 20 heavy (non-hydrogen) atoms. The van der Waals surface area contributed by atoms with Crippen LogP contribution in [0, 0.1) is 0 Å². The molecule has 0 unspecified atom stereocenters. The zero-order chi connectivity index (χ0) is 14.4. The molecule has 2 nitrogen and oxygen atoms in total. The third-order valence-electron chi connectivity index (χ3n) is 3.06. The van der Waals surface area contributed by atoms with E-state index in [0.29, 0.717) is 4.99 Å². The van der Waals surface area contributed by atoms with Gasteiger partial charge in [-0.15, -0.1) is 0 Å². The summed E-state index contributed by atoms with van der Waals surface area (Å²) < 4.78 is 0.929. The summed E-state index contributed by atoms with van der Waals surface area (Å²) in [5.41, 5.74) is 8.99. The van der Waals surface area contributed by atoms with Crippen molar-refractivity contribution in [3.8, 4) is 0 Å². The molecule has 0 fully saturated rings. The van der Waals surface area contributed by atoms with Crippen molar-refractivity contribution < 1.29 is 0 Å². The Labute approximate surface area is 133 Å². The second-order valence-electron chi connectivity index (χ2n) is 4.54. The number of nitrogens with one attached hydrogen (secondary N) is 1. The average Bonchev–Trinajstić information content (AvgIpc) is 2.44. The van der Waals surface area contributed by atoms with Crippen molar-refractivity contribution in [1.82, 2.24) is 0 Å². The van der Waals surface area contributed by atoms with E-state index in [-0.39, 0.29) is 0 Å². The molecular formula is C16H17BrN2S. The van der Waals surface area contributed by atoms with Crippen LogP contribution in [0.3, 0.4) is 0 Å². The van der Waals surface area contributed by atoms with Gasteiger partial charge in [0.15, 0.2) is 0 Å². The van der Waals surface area contributed by atoms with E-state index < -0.39 is 0 Å². The fraction of sp³-hybridized carbons (Fsp3) is 0.188. The summed E-state index contributed by atoms with van der Waals surface area (Å²) in [7, 11) is 0. The molecule has 0 aliphatic rings. The van der Waals surface area contributed by atoms with Gasteiger partial charge in [0.05, 0.1) is 0 Å². The summed E-state index contributed by atoms with van der Waals surface area (Å²) in [6.07, 6.45) is 2.12. The number of aryl methyl sites for hydroxylation is 1. The van der Waals surface area contributed by atoms with E-state index in [1.807, 2.05) is 24.3 Å². The number of hydrogen-bond acceptors (Lipinski definition) is 2. The van der Waals surface area contributed by atoms with E-state index in [1.165, 1.54) is 5.56 Å². The van der Waals surface area contributed by atoms with Crippen molar-refractivity contribution in [3.05, 3.63) is 64.1 Å². The highest BCUT2D eigenvalue weighted by Gasteiger charge is 2.08. The molecule has 2 rings (SSSR count). The van der Waals surface area contributed by atoms with Gasteiger partial charge in [-0.1, -0.05) is 48.6 Å². The molecule has 0 saturated carbocycles. The molecule has 0 spiro atoms. The van der Waals surface area contributed by atoms with E-state index in [4.69, 9.17) is 18.0 Å². The fourth-order valence-corrected chi connectivity index (χ4v) is 3.01. The van der Waals surface area contributed by atoms with Crippen LogP contribution in [0.2, 0.25) is 0 Å². The van der Waals surface area contributed by atoms with Gasteiger partial charge in [-0.05, 0) is 46.5 Å². The first-order valence-corrected chi connectivity index (χ1v) is 7.74. The molecule has 0 heterocycles. The Bertz CT molecular complexity index is 584. The van der Waals surface area contributed by atoms with E-state index in [9.17, 15) is 0 Å². The molecule has 4 heteroatoms. The fourth-order valence-electron chi connectivity index (χ4n) is 2.08. The second kappa shape index (κ2) is 7.41. The van der Waals surface area contributed by atoms with Gasteiger partial charge in [-0.3, -0.25) is 0 Å². The normalized spacial score (nSPS) is 10.2. The van der Waals surface area contributed by atoms with Gasteiger partial charge in [0.2, 0.25) is 0 Å². The van der Waals surface area contributed by atoms with Crippen LogP contribution in [-0.4, -0.2) is 11.5 Å². The quantitative estimate of drug-likeness (QED) is 0.608. The van der Waals surface area contributed by atoms with Crippen LogP contribution in [0.15, 0.2) is 53.0 Å². The Morgan fingerprint density at radius 3 is 2.55 bits per heavy atom. The van der Waals surface area contributed by atoms with Crippen molar-refractivity contribution in [1.29, 1.82) is 0 Å². The predicted molar refractivity (Wildman–Crippen MR) is 93.3 cm³/mol. The van der Waals surface area contributed by atoms with Crippen LogP contribution in [0.4, 0.5) is 5.69 Å². The summed E-state index contributed by atoms with van der Waals surface area (Å²) in [5.74, 6) is 0. The first kappa shape index (κ1) is 15.0. The predicted octanol–water partition coefficient (Wildman–Crippen LogP) is 4.13. The summed E-state index contributed by atoms with van der Waals surface area (Å²) in [6, 6.07) is 16.4. The van der Waals surface area contributed by atoms with Gasteiger partial charge < -0.3 is 11.1 Å². The largest absolute Gasteiger partial charge is 0.389 e. The minimum atomic E-state index is 0.406. The minimum absolute atomic E-state index is 0.406. The van der Waals surface area contributed by atoms with Crippen LogP contribution in [-0.2, 0) is 6.42 Å². The maximum atomic E-state index is 5.77. The second-order valence-corrected chi connectivity index (χ2v) is 5.84. The van der Waals surface area contributed by atoms with E-state index in [1.54, 1.807) is 0 Å². The first-order valence-electron chi connectivity index (χ1n) is 6.54. The molecule has 0 aromatic heterocycles. The number of hydrogen-bond donors (Lipinski definition) is 2. The van der Waals surface area contributed by atoms with Crippen LogP contribution in [0.1, 0.15) is 17.5 Å². The third-order valence-corrected chi connectivity index (χ3v) is 3.93. The summed E-state index contributed by atoms with van der Waals surface area (Å²) in [4.78, 5) is 0.406. The molecule has 0 bridgehead atoms. The Hall–Kier alpha value is -1.39. The van der Waals surface area contributed by atoms with E-state index in [2.05, 4.69) is 45.5 Å². The zero-order valence-corrected chi connectivity index (χ0v) is 13.5. The number of nitrogens with two attached hydrogens (primary N) is 1. The summed E-state index contributed by atoms with van der Waals surface area (Å²) >= 11 is 8.59. The Morgan fingerprint density at radius 2 is 1.85 bits per heavy atom. The van der Waals surface area contributed by atoms with Crippen LogP contribution < -0.4 is 11.1 Å². The van der Waals surface area contributed by atoms with Gasteiger partial charge in [0.1, 0.15) is 4.99 Å². The molecule has 0 atom stereocenters. The Morgan fingerprint density at radius 1 is 1.10 bits per heavy atom. The molecular weight excluding hydrogens is 332 g/mol. The maximum absolute atomic E-state index is 5.77. The number of rotatable bonds is 6. The molecule has 0 saturated heterocycles. The number of anilines is 1. The van der Waals surface area contributed by atoms with Crippen molar-refractivity contribution in [2.75, 3.05) is 11.9 Å². The molecule has 0 aliphatic carbocycles. The smallest absolute Gasteiger partial charge is 0.107 e. The van der Waals surface area contributed by atoms with Crippen LogP contribution in [0.25, 0.3) is 0 Å². The molecule has 104 valence electrons. The lowest BCUT2D eigenvalue weighted by Gasteiger charge is -2.12. The van der Waals surface area contributed by atoms with E-state index in [0.717, 1.165) is 35.1 Å².